The Hall–Kier alpha value is -0.570. The van der Waals surface area contributed by atoms with Crippen molar-refractivity contribution in [1.82, 2.24) is 10.2 Å². The van der Waals surface area contributed by atoms with Crippen molar-refractivity contribution in [1.29, 1.82) is 0 Å². The van der Waals surface area contributed by atoms with Gasteiger partial charge in [0.1, 0.15) is 0 Å². The fraction of sp³-hybridized carbons (Fsp3) is 0.600. The average molecular weight is 265 g/mol. The maximum absolute atomic E-state index is 6.04. The molecule has 0 saturated carbocycles. The van der Waals surface area contributed by atoms with Crippen LogP contribution in [-0.2, 0) is 12.8 Å². The van der Waals surface area contributed by atoms with Crippen LogP contribution in [-0.4, -0.2) is 37.6 Å². The molecular formula is C15H21ClN2. The van der Waals surface area contributed by atoms with Crippen LogP contribution >= 0.6 is 11.6 Å². The first-order valence-corrected chi connectivity index (χ1v) is 7.28. The summed E-state index contributed by atoms with van der Waals surface area (Å²) < 4.78 is 0. The molecule has 18 heavy (non-hydrogen) atoms. The first-order valence-electron chi connectivity index (χ1n) is 6.90. The summed E-state index contributed by atoms with van der Waals surface area (Å²) in [5, 5.41) is 4.61. The van der Waals surface area contributed by atoms with Crippen LogP contribution in [0.3, 0.4) is 0 Å². The summed E-state index contributed by atoms with van der Waals surface area (Å²) in [6.07, 6.45) is 3.64. The number of halogens is 1. The van der Waals surface area contributed by atoms with Crippen LogP contribution in [0.4, 0.5) is 0 Å². The van der Waals surface area contributed by atoms with Gasteiger partial charge in [-0.25, -0.2) is 0 Å². The van der Waals surface area contributed by atoms with Gasteiger partial charge in [0.15, 0.2) is 0 Å². The normalized spacial score (nSPS) is 27.7. The molecule has 1 aromatic carbocycles. The molecule has 2 nitrogen and oxygen atoms in total. The third kappa shape index (κ3) is 2.71. The van der Waals surface area contributed by atoms with Gasteiger partial charge in [0, 0.05) is 17.6 Å². The molecule has 0 radical (unpaired) electrons. The van der Waals surface area contributed by atoms with Gasteiger partial charge >= 0.3 is 0 Å². The molecule has 1 N–H and O–H groups in total. The zero-order valence-electron chi connectivity index (χ0n) is 11.0. The standard InChI is InChI=1S/C15H21ClN2/c1-18-5-4-11(10-18)9-17-15-7-12-2-3-14(16)6-13(12)8-15/h2-3,6,11,15,17H,4-5,7-10H2,1H3. The van der Waals surface area contributed by atoms with Crippen LogP contribution in [0.1, 0.15) is 17.5 Å². The zero-order chi connectivity index (χ0) is 12.5. The molecule has 1 aliphatic carbocycles. The Morgan fingerprint density at radius 3 is 2.94 bits per heavy atom. The van der Waals surface area contributed by atoms with E-state index in [9.17, 15) is 0 Å². The Morgan fingerprint density at radius 2 is 2.17 bits per heavy atom. The van der Waals surface area contributed by atoms with Crippen LogP contribution < -0.4 is 5.32 Å². The van der Waals surface area contributed by atoms with Gasteiger partial charge in [-0.05, 0) is 68.6 Å². The van der Waals surface area contributed by atoms with E-state index < -0.39 is 0 Å². The van der Waals surface area contributed by atoms with E-state index in [1.54, 1.807) is 0 Å². The number of benzene rings is 1. The molecule has 0 bridgehead atoms. The van der Waals surface area contributed by atoms with Gasteiger partial charge in [-0.3, -0.25) is 0 Å². The summed E-state index contributed by atoms with van der Waals surface area (Å²) in [5.41, 5.74) is 2.91. The highest BCUT2D eigenvalue weighted by Crippen LogP contribution is 2.25. The second kappa shape index (κ2) is 5.20. The number of nitrogens with one attached hydrogen (secondary N) is 1. The topological polar surface area (TPSA) is 15.3 Å². The smallest absolute Gasteiger partial charge is 0.0408 e. The van der Waals surface area contributed by atoms with E-state index in [2.05, 4.69) is 29.4 Å². The van der Waals surface area contributed by atoms with Crippen molar-refractivity contribution in [3.8, 4) is 0 Å². The van der Waals surface area contributed by atoms with Crippen molar-refractivity contribution < 1.29 is 0 Å². The lowest BCUT2D eigenvalue weighted by molar-refractivity contribution is 0.379. The molecule has 3 heteroatoms. The highest BCUT2D eigenvalue weighted by Gasteiger charge is 2.24. The van der Waals surface area contributed by atoms with Gasteiger partial charge < -0.3 is 10.2 Å². The van der Waals surface area contributed by atoms with Crippen molar-refractivity contribution in [3.05, 3.63) is 34.3 Å². The number of rotatable bonds is 3. The number of hydrogen-bond acceptors (Lipinski definition) is 2. The van der Waals surface area contributed by atoms with Crippen LogP contribution in [0.25, 0.3) is 0 Å². The summed E-state index contributed by atoms with van der Waals surface area (Å²) in [6, 6.07) is 6.93. The molecule has 1 aromatic rings. The molecule has 2 aliphatic rings. The fourth-order valence-corrected chi connectivity index (χ4v) is 3.45. The van der Waals surface area contributed by atoms with Crippen LogP contribution in [0.5, 0.6) is 0 Å². The second-order valence-corrected chi connectivity index (χ2v) is 6.28. The monoisotopic (exact) mass is 264 g/mol. The quantitative estimate of drug-likeness (QED) is 0.902. The van der Waals surface area contributed by atoms with E-state index in [4.69, 9.17) is 11.6 Å². The van der Waals surface area contributed by atoms with Crippen LogP contribution in [0.15, 0.2) is 18.2 Å². The van der Waals surface area contributed by atoms with E-state index in [0.717, 1.165) is 30.3 Å². The van der Waals surface area contributed by atoms with Gasteiger partial charge in [0.2, 0.25) is 0 Å². The van der Waals surface area contributed by atoms with Crippen molar-refractivity contribution in [2.45, 2.75) is 25.3 Å². The number of hydrogen-bond donors (Lipinski definition) is 1. The first kappa shape index (κ1) is 12.5. The Kier molecular flexibility index (Phi) is 3.60. The minimum absolute atomic E-state index is 0.615. The molecule has 1 fully saturated rings. The summed E-state index contributed by atoms with van der Waals surface area (Å²) in [7, 11) is 2.22. The van der Waals surface area contributed by atoms with Gasteiger partial charge in [-0.1, -0.05) is 17.7 Å². The second-order valence-electron chi connectivity index (χ2n) is 5.84. The first-order chi connectivity index (χ1) is 8.70. The molecule has 0 amide bonds. The Morgan fingerprint density at radius 1 is 1.33 bits per heavy atom. The lowest BCUT2D eigenvalue weighted by Gasteiger charge is -2.16. The van der Waals surface area contributed by atoms with E-state index >= 15 is 0 Å². The van der Waals surface area contributed by atoms with Gasteiger partial charge in [0.25, 0.3) is 0 Å². The van der Waals surface area contributed by atoms with Crippen LogP contribution in [0, 0.1) is 5.92 Å². The molecule has 2 unspecified atom stereocenters. The Labute approximate surface area is 114 Å². The lowest BCUT2D eigenvalue weighted by Crippen LogP contribution is -2.34. The highest BCUT2D eigenvalue weighted by molar-refractivity contribution is 6.30. The highest BCUT2D eigenvalue weighted by atomic mass is 35.5. The van der Waals surface area contributed by atoms with Crippen molar-refractivity contribution >= 4 is 11.6 Å². The zero-order valence-corrected chi connectivity index (χ0v) is 11.7. The molecule has 1 heterocycles. The van der Waals surface area contributed by atoms with E-state index in [1.807, 2.05) is 6.07 Å². The van der Waals surface area contributed by atoms with E-state index in [1.165, 1.54) is 30.6 Å². The Balaban J connectivity index is 1.52. The molecule has 1 saturated heterocycles. The number of nitrogens with zero attached hydrogens (tertiary/aromatic N) is 1. The van der Waals surface area contributed by atoms with E-state index in [0.29, 0.717) is 6.04 Å². The van der Waals surface area contributed by atoms with Gasteiger partial charge in [-0.15, -0.1) is 0 Å². The van der Waals surface area contributed by atoms with Crippen molar-refractivity contribution in [2.24, 2.45) is 5.92 Å². The third-order valence-electron chi connectivity index (χ3n) is 4.29. The lowest BCUT2D eigenvalue weighted by atomic mass is 10.1. The molecule has 1 aliphatic heterocycles. The van der Waals surface area contributed by atoms with Crippen molar-refractivity contribution in [3.63, 3.8) is 0 Å². The van der Waals surface area contributed by atoms with Gasteiger partial charge in [-0.2, -0.15) is 0 Å². The molecule has 0 spiro atoms. The summed E-state index contributed by atoms with van der Waals surface area (Å²) in [6.45, 7) is 3.67. The van der Waals surface area contributed by atoms with E-state index in [-0.39, 0.29) is 0 Å². The summed E-state index contributed by atoms with van der Waals surface area (Å²) in [5.74, 6) is 0.835. The van der Waals surface area contributed by atoms with Crippen molar-refractivity contribution in [2.75, 3.05) is 26.7 Å². The SMILES string of the molecule is CN1CCC(CNC2Cc3ccc(Cl)cc3C2)C1. The maximum Gasteiger partial charge on any atom is 0.0408 e. The average Bonchev–Trinajstić information content (AvgIpc) is 2.92. The number of likely N-dealkylation sites (tertiary alicyclic amines) is 1. The summed E-state index contributed by atoms with van der Waals surface area (Å²) in [4.78, 5) is 2.43. The predicted molar refractivity (Wildman–Crippen MR) is 76.3 cm³/mol. The Bertz CT molecular complexity index is 433. The number of fused-ring (bicyclic) bond motifs is 1. The predicted octanol–water partition coefficient (Wildman–Crippen LogP) is 2.35. The molecule has 0 aromatic heterocycles. The minimum Gasteiger partial charge on any atom is -0.313 e. The van der Waals surface area contributed by atoms with Crippen LogP contribution in [0.2, 0.25) is 5.02 Å². The molecule has 3 rings (SSSR count). The minimum atomic E-state index is 0.615. The van der Waals surface area contributed by atoms with Gasteiger partial charge in [0.05, 0.1) is 0 Å². The molecular weight excluding hydrogens is 244 g/mol. The fourth-order valence-electron chi connectivity index (χ4n) is 3.26. The maximum atomic E-state index is 6.04. The summed E-state index contributed by atoms with van der Waals surface area (Å²) >= 11 is 6.04. The molecule has 98 valence electrons. The largest absolute Gasteiger partial charge is 0.313 e. The molecule has 2 atom stereocenters. The third-order valence-corrected chi connectivity index (χ3v) is 4.52.